The predicted molar refractivity (Wildman–Crippen MR) is 46.4 cm³/mol. The third-order valence-corrected chi connectivity index (χ3v) is 2.27. The van der Waals surface area contributed by atoms with Crippen molar-refractivity contribution in [3.63, 3.8) is 0 Å². The smallest absolute Gasteiger partial charge is 0.310 e. The van der Waals surface area contributed by atoms with Crippen LogP contribution in [0.5, 0.6) is 0 Å². The van der Waals surface area contributed by atoms with Crippen molar-refractivity contribution in [1.82, 2.24) is 0 Å². The van der Waals surface area contributed by atoms with Gasteiger partial charge in [-0.2, -0.15) is 0 Å². The topological polar surface area (TPSA) is 54.4 Å². The zero-order valence-electron chi connectivity index (χ0n) is 7.43. The molecule has 0 fully saturated rings. The maximum atomic E-state index is 11.1. The van der Waals surface area contributed by atoms with Gasteiger partial charge in [0.15, 0.2) is 5.78 Å². The zero-order valence-corrected chi connectivity index (χ0v) is 8.18. The summed E-state index contributed by atoms with van der Waals surface area (Å²) >= 11 is 5.74. The second kappa shape index (κ2) is 3.90. The summed E-state index contributed by atoms with van der Waals surface area (Å²) in [6.07, 6.45) is -0.495. The molecule has 1 atom stereocenters. The Labute approximate surface area is 76.7 Å². The number of hydrogen-bond donors (Lipinski definition) is 1. The van der Waals surface area contributed by atoms with Gasteiger partial charge in [-0.05, 0) is 5.41 Å². The molecule has 3 nitrogen and oxygen atoms in total. The van der Waals surface area contributed by atoms with E-state index in [1.54, 1.807) is 20.8 Å². The van der Waals surface area contributed by atoms with Gasteiger partial charge in [0.05, 0.1) is 5.38 Å². The van der Waals surface area contributed by atoms with Crippen LogP contribution in [0.25, 0.3) is 0 Å². The van der Waals surface area contributed by atoms with Crippen LogP contribution in [0.1, 0.15) is 27.2 Å². The van der Waals surface area contributed by atoms with Gasteiger partial charge in [-0.25, -0.2) is 0 Å². The van der Waals surface area contributed by atoms with Crippen LogP contribution in [0.15, 0.2) is 0 Å². The Morgan fingerprint density at radius 1 is 1.42 bits per heavy atom. The van der Waals surface area contributed by atoms with Crippen molar-refractivity contribution in [2.24, 2.45) is 5.41 Å². The lowest BCUT2D eigenvalue weighted by molar-refractivity contribution is -0.140. The molecule has 0 aromatic carbocycles. The fourth-order valence-electron chi connectivity index (χ4n) is 0.722. The second-order valence-corrected chi connectivity index (χ2v) is 4.20. The molecule has 70 valence electrons. The number of rotatable bonds is 3. The van der Waals surface area contributed by atoms with Crippen LogP contribution < -0.4 is 0 Å². The molecule has 0 amide bonds. The highest BCUT2D eigenvalue weighted by atomic mass is 35.5. The van der Waals surface area contributed by atoms with Crippen molar-refractivity contribution < 1.29 is 14.7 Å². The summed E-state index contributed by atoms with van der Waals surface area (Å²) in [7, 11) is 0. The van der Waals surface area contributed by atoms with Gasteiger partial charge in [0, 0.05) is 0 Å². The first kappa shape index (κ1) is 11.4. The van der Waals surface area contributed by atoms with E-state index >= 15 is 0 Å². The van der Waals surface area contributed by atoms with E-state index in [2.05, 4.69) is 0 Å². The van der Waals surface area contributed by atoms with Gasteiger partial charge in [-0.1, -0.05) is 20.8 Å². The number of hydrogen-bond acceptors (Lipinski definition) is 2. The summed E-state index contributed by atoms with van der Waals surface area (Å²) in [6.45, 7) is 5.39. The van der Waals surface area contributed by atoms with Crippen molar-refractivity contribution in [3.05, 3.63) is 0 Å². The molecular formula is C8H13ClO3. The Morgan fingerprint density at radius 2 is 1.83 bits per heavy atom. The van der Waals surface area contributed by atoms with E-state index in [0.717, 1.165) is 0 Å². The van der Waals surface area contributed by atoms with Gasteiger partial charge in [-0.15, -0.1) is 11.6 Å². The molecule has 1 N–H and O–H groups in total. The van der Waals surface area contributed by atoms with Crippen molar-refractivity contribution >= 4 is 23.4 Å². The molecule has 0 saturated heterocycles. The number of aliphatic carboxylic acids is 1. The molecule has 0 spiro atoms. The van der Waals surface area contributed by atoms with E-state index in [0.29, 0.717) is 0 Å². The first-order valence-corrected chi connectivity index (χ1v) is 4.07. The fourth-order valence-corrected chi connectivity index (χ4v) is 0.799. The van der Waals surface area contributed by atoms with E-state index in [4.69, 9.17) is 16.7 Å². The Kier molecular flexibility index (Phi) is 3.71. The van der Waals surface area contributed by atoms with Gasteiger partial charge in [0.25, 0.3) is 0 Å². The van der Waals surface area contributed by atoms with Crippen LogP contribution in [0, 0.1) is 5.41 Å². The molecule has 12 heavy (non-hydrogen) atoms. The number of alkyl halides is 1. The highest BCUT2D eigenvalue weighted by Crippen LogP contribution is 2.25. The van der Waals surface area contributed by atoms with E-state index in [-0.39, 0.29) is 5.41 Å². The number of Topliss-reactive ketones (excluding diaryl/α,β-unsaturated/α-hetero) is 1. The minimum absolute atomic E-state index is 0.381. The lowest BCUT2D eigenvalue weighted by atomic mass is 9.88. The molecule has 1 unspecified atom stereocenters. The molecule has 0 bridgehead atoms. The highest BCUT2D eigenvalue weighted by Gasteiger charge is 2.29. The lowest BCUT2D eigenvalue weighted by Gasteiger charge is -2.22. The molecular weight excluding hydrogens is 180 g/mol. The quantitative estimate of drug-likeness (QED) is 0.547. The number of ketones is 1. The van der Waals surface area contributed by atoms with E-state index in [9.17, 15) is 9.59 Å². The Balaban J connectivity index is 4.21. The zero-order chi connectivity index (χ0) is 9.94. The Morgan fingerprint density at radius 3 is 2.08 bits per heavy atom. The first-order valence-electron chi connectivity index (χ1n) is 3.63. The van der Waals surface area contributed by atoms with Crippen molar-refractivity contribution in [1.29, 1.82) is 0 Å². The number of halogens is 1. The molecule has 0 radical (unpaired) electrons. The maximum Gasteiger partial charge on any atom is 0.310 e. The minimum atomic E-state index is -1.13. The monoisotopic (exact) mass is 192 g/mol. The van der Waals surface area contributed by atoms with Crippen molar-refractivity contribution in [2.75, 3.05) is 0 Å². The van der Waals surface area contributed by atoms with Crippen LogP contribution >= 0.6 is 11.6 Å². The van der Waals surface area contributed by atoms with Crippen LogP contribution in [0.3, 0.4) is 0 Å². The molecule has 0 saturated carbocycles. The van der Waals surface area contributed by atoms with Crippen LogP contribution in [-0.2, 0) is 9.59 Å². The molecule has 0 heterocycles. The number of carbonyl (C=O) groups is 2. The third kappa shape index (κ3) is 3.72. The van der Waals surface area contributed by atoms with Gasteiger partial charge in [0.1, 0.15) is 6.42 Å². The third-order valence-electron chi connectivity index (χ3n) is 1.37. The average Bonchev–Trinajstić information content (AvgIpc) is 1.82. The molecule has 0 aliphatic rings. The number of carboxylic acids is 1. The van der Waals surface area contributed by atoms with E-state index in [1.165, 1.54) is 0 Å². The number of carboxylic acid groups (broad SMARTS) is 1. The standard InChI is InChI=1S/C8H13ClO3/c1-8(2,3)7(9)5(10)4-6(11)12/h7H,4H2,1-3H3,(H,11,12). The highest BCUT2D eigenvalue weighted by molar-refractivity contribution is 6.32. The average molecular weight is 193 g/mol. The van der Waals surface area contributed by atoms with Crippen molar-refractivity contribution in [2.45, 2.75) is 32.6 Å². The van der Waals surface area contributed by atoms with Crippen LogP contribution in [-0.4, -0.2) is 22.2 Å². The van der Waals surface area contributed by atoms with Crippen molar-refractivity contribution in [3.8, 4) is 0 Å². The summed E-state index contributed by atoms with van der Waals surface area (Å²) in [4.78, 5) is 21.2. The van der Waals surface area contributed by atoms with Crippen LogP contribution in [0.4, 0.5) is 0 Å². The molecule has 4 heteroatoms. The van der Waals surface area contributed by atoms with E-state index in [1.807, 2.05) is 0 Å². The lowest BCUT2D eigenvalue weighted by Crippen LogP contribution is -2.30. The summed E-state index contributed by atoms with van der Waals surface area (Å²) in [5.74, 6) is -1.56. The largest absolute Gasteiger partial charge is 0.481 e. The molecule has 0 aromatic heterocycles. The summed E-state index contributed by atoms with van der Waals surface area (Å²) in [6, 6.07) is 0. The minimum Gasteiger partial charge on any atom is -0.481 e. The second-order valence-electron chi connectivity index (χ2n) is 3.77. The maximum absolute atomic E-state index is 11.1. The molecule has 0 rings (SSSR count). The molecule has 0 aliphatic heterocycles. The Bertz CT molecular complexity index is 193. The predicted octanol–water partition coefficient (Wildman–Crippen LogP) is 1.68. The summed E-state index contributed by atoms with van der Waals surface area (Å²) in [5, 5.41) is 7.59. The van der Waals surface area contributed by atoms with Gasteiger partial charge in [-0.3, -0.25) is 9.59 Å². The van der Waals surface area contributed by atoms with Crippen LogP contribution in [0.2, 0.25) is 0 Å². The fraction of sp³-hybridized carbons (Fsp3) is 0.750. The van der Waals surface area contributed by atoms with Gasteiger partial charge in [0.2, 0.25) is 0 Å². The van der Waals surface area contributed by atoms with Gasteiger partial charge < -0.3 is 5.11 Å². The molecule has 0 aromatic rings. The van der Waals surface area contributed by atoms with E-state index < -0.39 is 23.6 Å². The summed E-state index contributed by atoms with van der Waals surface area (Å²) in [5.41, 5.74) is -0.381. The summed E-state index contributed by atoms with van der Waals surface area (Å²) < 4.78 is 0. The number of carbonyl (C=O) groups excluding carboxylic acids is 1. The Hall–Kier alpha value is -0.570. The first-order chi connectivity index (χ1) is 5.25. The van der Waals surface area contributed by atoms with Gasteiger partial charge >= 0.3 is 5.97 Å². The normalized spacial score (nSPS) is 14.0. The molecule has 0 aliphatic carbocycles. The SMILES string of the molecule is CC(C)(C)C(Cl)C(=O)CC(=O)O.